The first-order valence-electron chi connectivity index (χ1n) is 9.64. The van der Waals surface area contributed by atoms with Gasteiger partial charge in [-0.1, -0.05) is 5.16 Å². The standard InChI is InChI=1S/C21H13F6N5O3/c1-11-16(28-18(33)13-4-8-15(9-5-13)34-21(25,26)27)10-32(30-11)14-6-2-12(3-7-14)17-29-19(35-31-17)20(22,23)24/h2-10H,1H3,(H,28,33). The van der Waals surface area contributed by atoms with Gasteiger partial charge in [0.15, 0.2) is 0 Å². The van der Waals surface area contributed by atoms with Crippen molar-refractivity contribution in [2.45, 2.75) is 19.5 Å². The topological polar surface area (TPSA) is 95.1 Å². The van der Waals surface area contributed by atoms with Gasteiger partial charge in [-0.25, -0.2) is 4.68 Å². The predicted molar refractivity (Wildman–Crippen MR) is 108 cm³/mol. The number of ether oxygens (including phenoxy) is 1. The minimum absolute atomic E-state index is 0.0920. The molecule has 0 aliphatic rings. The summed E-state index contributed by atoms with van der Waals surface area (Å²) >= 11 is 0. The van der Waals surface area contributed by atoms with Gasteiger partial charge in [0.25, 0.3) is 5.91 Å². The Morgan fingerprint density at radius 1 is 1.00 bits per heavy atom. The van der Waals surface area contributed by atoms with Gasteiger partial charge in [0.2, 0.25) is 5.82 Å². The van der Waals surface area contributed by atoms with Gasteiger partial charge >= 0.3 is 18.4 Å². The van der Waals surface area contributed by atoms with Gasteiger partial charge in [0.05, 0.1) is 23.3 Å². The average molecular weight is 497 g/mol. The summed E-state index contributed by atoms with van der Waals surface area (Å²) in [6, 6.07) is 10.4. The number of aromatic nitrogens is 4. The number of hydrogen-bond donors (Lipinski definition) is 1. The van der Waals surface area contributed by atoms with Crippen LogP contribution in [0, 0.1) is 6.92 Å². The van der Waals surface area contributed by atoms with E-state index in [1.54, 1.807) is 19.1 Å². The lowest BCUT2D eigenvalue weighted by Crippen LogP contribution is -2.17. The first-order chi connectivity index (χ1) is 16.4. The maximum Gasteiger partial charge on any atom is 0.573 e. The van der Waals surface area contributed by atoms with E-state index in [1.165, 1.54) is 35.1 Å². The highest BCUT2D eigenvalue weighted by atomic mass is 19.4. The molecule has 4 rings (SSSR count). The minimum Gasteiger partial charge on any atom is -0.406 e. The summed E-state index contributed by atoms with van der Waals surface area (Å²) in [5, 5.41) is 10.2. The zero-order valence-corrected chi connectivity index (χ0v) is 17.5. The molecule has 0 spiro atoms. The van der Waals surface area contributed by atoms with Crippen LogP contribution >= 0.6 is 0 Å². The molecule has 2 heterocycles. The van der Waals surface area contributed by atoms with E-state index in [1.807, 2.05) is 0 Å². The van der Waals surface area contributed by atoms with Crippen molar-refractivity contribution < 1.29 is 40.4 Å². The molecule has 1 amide bonds. The van der Waals surface area contributed by atoms with E-state index >= 15 is 0 Å². The number of rotatable bonds is 5. The lowest BCUT2D eigenvalue weighted by Gasteiger charge is -2.09. The third-order valence-electron chi connectivity index (χ3n) is 4.56. The molecule has 0 saturated carbocycles. The van der Waals surface area contributed by atoms with Crippen molar-refractivity contribution >= 4 is 11.6 Å². The molecular formula is C21H13F6N5O3. The van der Waals surface area contributed by atoms with Crippen LogP contribution in [0.2, 0.25) is 0 Å². The highest BCUT2D eigenvalue weighted by Crippen LogP contribution is 2.30. The van der Waals surface area contributed by atoms with Gasteiger partial charge in [-0.05, 0) is 55.5 Å². The molecule has 1 N–H and O–H groups in total. The molecule has 2 aromatic heterocycles. The second-order valence-corrected chi connectivity index (χ2v) is 7.07. The fourth-order valence-corrected chi connectivity index (χ4v) is 2.94. The molecule has 182 valence electrons. The van der Waals surface area contributed by atoms with E-state index in [9.17, 15) is 31.1 Å². The van der Waals surface area contributed by atoms with Crippen LogP contribution in [0.5, 0.6) is 5.75 Å². The largest absolute Gasteiger partial charge is 0.573 e. The molecule has 0 bridgehead atoms. The smallest absolute Gasteiger partial charge is 0.406 e. The highest BCUT2D eigenvalue weighted by molar-refractivity contribution is 6.04. The van der Waals surface area contributed by atoms with Gasteiger partial charge in [-0.3, -0.25) is 4.79 Å². The van der Waals surface area contributed by atoms with Crippen molar-refractivity contribution in [2.24, 2.45) is 0 Å². The van der Waals surface area contributed by atoms with Gasteiger partial charge in [-0.2, -0.15) is 23.3 Å². The van der Waals surface area contributed by atoms with Crippen LogP contribution in [-0.4, -0.2) is 32.2 Å². The molecule has 0 aliphatic heterocycles. The lowest BCUT2D eigenvalue weighted by molar-refractivity contribution is -0.274. The fraction of sp³-hybridized carbons (Fsp3) is 0.143. The summed E-state index contributed by atoms with van der Waals surface area (Å²) in [4.78, 5) is 15.8. The van der Waals surface area contributed by atoms with E-state index < -0.39 is 30.1 Å². The number of aryl methyl sites for hydroxylation is 1. The molecule has 2 aromatic carbocycles. The average Bonchev–Trinajstić information content (AvgIpc) is 3.41. The Morgan fingerprint density at radius 3 is 2.23 bits per heavy atom. The maximum absolute atomic E-state index is 12.6. The summed E-state index contributed by atoms with van der Waals surface area (Å²) in [5.74, 6) is -2.74. The molecule has 0 fully saturated rings. The van der Waals surface area contributed by atoms with Gasteiger partial charge in [0.1, 0.15) is 5.75 Å². The number of amides is 1. The number of nitrogens with zero attached hydrogens (tertiary/aromatic N) is 4. The Morgan fingerprint density at radius 2 is 1.66 bits per heavy atom. The minimum atomic E-state index is -4.84. The Bertz CT molecular complexity index is 1340. The summed E-state index contributed by atoms with van der Waals surface area (Å²) in [6.07, 6.45) is -8.10. The zero-order valence-electron chi connectivity index (χ0n) is 17.5. The van der Waals surface area contributed by atoms with E-state index in [0.717, 1.165) is 12.1 Å². The number of halogens is 6. The van der Waals surface area contributed by atoms with Crippen LogP contribution < -0.4 is 10.1 Å². The van der Waals surface area contributed by atoms with Crippen LogP contribution in [0.25, 0.3) is 17.1 Å². The van der Waals surface area contributed by atoms with Crippen LogP contribution in [0.1, 0.15) is 21.9 Å². The van der Waals surface area contributed by atoms with Crippen molar-refractivity contribution in [3.05, 3.63) is 71.9 Å². The van der Waals surface area contributed by atoms with Crippen molar-refractivity contribution in [1.82, 2.24) is 19.9 Å². The van der Waals surface area contributed by atoms with Crippen LogP contribution in [0.4, 0.5) is 32.0 Å². The van der Waals surface area contributed by atoms with Crippen molar-refractivity contribution in [1.29, 1.82) is 0 Å². The number of hydrogen-bond acceptors (Lipinski definition) is 6. The molecule has 0 atom stereocenters. The molecule has 14 heteroatoms. The van der Waals surface area contributed by atoms with Gasteiger partial charge < -0.3 is 14.6 Å². The quantitative estimate of drug-likeness (QED) is 0.371. The molecule has 0 aliphatic carbocycles. The van der Waals surface area contributed by atoms with Crippen molar-refractivity contribution in [3.63, 3.8) is 0 Å². The van der Waals surface area contributed by atoms with Gasteiger partial charge in [0, 0.05) is 11.1 Å². The molecule has 8 nitrogen and oxygen atoms in total. The second kappa shape index (κ2) is 8.77. The highest BCUT2D eigenvalue weighted by Gasteiger charge is 2.38. The van der Waals surface area contributed by atoms with Crippen molar-refractivity contribution in [2.75, 3.05) is 5.32 Å². The number of alkyl halides is 6. The third kappa shape index (κ3) is 5.59. The van der Waals surface area contributed by atoms with E-state index in [2.05, 4.69) is 29.8 Å². The monoisotopic (exact) mass is 497 g/mol. The number of carbonyl (C=O) groups excluding carboxylic acids is 1. The number of anilines is 1. The summed E-state index contributed by atoms with van der Waals surface area (Å²) < 4.78 is 84.1. The SMILES string of the molecule is Cc1nn(-c2ccc(-c3noc(C(F)(F)F)n3)cc2)cc1NC(=O)c1ccc(OC(F)(F)F)cc1. The summed E-state index contributed by atoms with van der Waals surface area (Å²) in [6.45, 7) is 1.62. The van der Waals surface area contributed by atoms with Crippen LogP contribution in [0.3, 0.4) is 0 Å². The van der Waals surface area contributed by atoms with E-state index in [4.69, 9.17) is 0 Å². The number of carbonyl (C=O) groups is 1. The first kappa shape index (κ1) is 23.8. The Hall–Kier alpha value is -4.36. The molecule has 0 radical (unpaired) electrons. The number of benzene rings is 2. The maximum atomic E-state index is 12.6. The van der Waals surface area contributed by atoms with Gasteiger partial charge in [-0.15, -0.1) is 13.2 Å². The van der Waals surface area contributed by atoms with E-state index in [-0.39, 0.29) is 17.0 Å². The first-order valence-corrected chi connectivity index (χ1v) is 9.64. The van der Waals surface area contributed by atoms with Crippen LogP contribution in [-0.2, 0) is 6.18 Å². The fourth-order valence-electron chi connectivity index (χ4n) is 2.94. The zero-order chi connectivity index (χ0) is 25.4. The molecule has 35 heavy (non-hydrogen) atoms. The lowest BCUT2D eigenvalue weighted by atomic mass is 10.2. The second-order valence-electron chi connectivity index (χ2n) is 7.07. The summed E-state index contributed by atoms with van der Waals surface area (Å²) in [7, 11) is 0. The van der Waals surface area contributed by atoms with Crippen LogP contribution in [0.15, 0.2) is 59.3 Å². The van der Waals surface area contributed by atoms with Crippen molar-refractivity contribution in [3.8, 4) is 22.8 Å². The normalized spacial score (nSPS) is 12.0. The van der Waals surface area contributed by atoms with E-state index in [0.29, 0.717) is 17.1 Å². The Balaban J connectivity index is 1.46. The number of nitrogens with one attached hydrogen (secondary N) is 1. The molecule has 4 aromatic rings. The molecule has 0 saturated heterocycles. The Labute approximate surface area is 192 Å². The molecule has 0 unspecified atom stereocenters. The Kier molecular flexibility index (Phi) is 5.96. The summed E-state index contributed by atoms with van der Waals surface area (Å²) in [5.41, 5.74) is 1.67. The molecular weight excluding hydrogens is 484 g/mol. The predicted octanol–water partition coefficient (Wildman–Crippen LogP) is 5.40. The third-order valence-corrected chi connectivity index (χ3v) is 4.56.